The third kappa shape index (κ3) is 0.564. The molecule has 0 fully saturated rings. The smallest absolute Gasteiger partial charge is 0.134 e. The van der Waals surface area contributed by atoms with Gasteiger partial charge in [-0.3, -0.25) is 0 Å². The van der Waals surface area contributed by atoms with Gasteiger partial charge in [0.15, 0.2) is 0 Å². The zero-order valence-corrected chi connectivity index (χ0v) is 5.92. The van der Waals surface area contributed by atoms with E-state index in [2.05, 4.69) is 0 Å². The average Bonchev–Trinajstić information content (AvgIpc) is 2.67. The fourth-order valence-electron chi connectivity index (χ4n) is 1.46. The summed E-state index contributed by atoms with van der Waals surface area (Å²) >= 11 is 0. The molecule has 0 spiro atoms. The number of nitrogens with two attached hydrogens (primary N) is 1. The van der Waals surface area contributed by atoms with E-state index >= 15 is 0 Å². The molecule has 1 aromatic heterocycles. The lowest BCUT2D eigenvalue weighted by Gasteiger charge is -1.92. The summed E-state index contributed by atoms with van der Waals surface area (Å²) in [4.78, 5) is 0. The van der Waals surface area contributed by atoms with Crippen LogP contribution in [0.25, 0.3) is 11.0 Å². The molecule has 1 aliphatic carbocycles. The molecule has 54 valence electrons. The number of anilines is 1. The van der Waals surface area contributed by atoms with Crippen LogP contribution in [0.15, 0.2) is 22.6 Å². The molecule has 1 aromatic carbocycles. The Balaban J connectivity index is 2.51. The van der Waals surface area contributed by atoms with Gasteiger partial charge >= 0.3 is 0 Å². The molecule has 0 radical (unpaired) electrons. The molecule has 0 aliphatic heterocycles. The molecule has 0 bridgehead atoms. The summed E-state index contributed by atoms with van der Waals surface area (Å²) in [5.41, 5.74) is 8.75. The standard InChI is InChI=1S/C9H7NO/c10-5-1-2-8-6(3-5)7-4-9(7)11-8/h1-3H,4,10H2. The van der Waals surface area contributed by atoms with Gasteiger partial charge in [-0.2, -0.15) is 0 Å². The van der Waals surface area contributed by atoms with Crippen molar-refractivity contribution >= 4 is 16.7 Å². The Bertz CT molecular complexity index is 442. The van der Waals surface area contributed by atoms with Gasteiger partial charge in [0.2, 0.25) is 0 Å². The number of hydrogen-bond donors (Lipinski definition) is 1. The third-order valence-corrected chi connectivity index (χ3v) is 2.11. The van der Waals surface area contributed by atoms with Gasteiger partial charge in [0, 0.05) is 23.1 Å². The van der Waals surface area contributed by atoms with Crippen LogP contribution in [-0.2, 0) is 6.42 Å². The van der Waals surface area contributed by atoms with Crippen LogP contribution in [0.2, 0.25) is 0 Å². The Kier molecular flexibility index (Phi) is 0.677. The van der Waals surface area contributed by atoms with Crippen LogP contribution in [0.3, 0.4) is 0 Å². The fraction of sp³-hybridized carbons (Fsp3) is 0.111. The molecule has 0 saturated heterocycles. The summed E-state index contributed by atoms with van der Waals surface area (Å²) < 4.78 is 5.46. The van der Waals surface area contributed by atoms with Crippen molar-refractivity contribution in [3.63, 3.8) is 0 Å². The zero-order valence-electron chi connectivity index (χ0n) is 5.92. The fourth-order valence-corrected chi connectivity index (χ4v) is 1.46. The first kappa shape index (κ1) is 5.24. The second-order valence-electron chi connectivity index (χ2n) is 2.94. The van der Waals surface area contributed by atoms with Crippen LogP contribution < -0.4 is 5.73 Å². The molecule has 2 heteroatoms. The molecule has 1 heterocycles. The molecular formula is C9H7NO. The van der Waals surface area contributed by atoms with Crippen LogP contribution in [0, 0.1) is 0 Å². The second-order valence-corrected chi connectivity index (χ2v) is 2.94. The van der Waals surface area contributed by atoms with Crippen molar-refractivity contribution in [2.75, 3.05) is 5.73 Å². The molecular weight excluding hydrogens is 138 g/mol. The predicted molar refractivity (Wildman–Crippen MR) is 43.4 cm³/mol. The van der Waals surface area contributed by atoms with Crippen LogP contribution in [0.5, 0.6) is 0 Å². The lowest BCUT2D eigenvalue weighted by atomic mass is 10.2. The summed E-state index contributed by atoms with van der Waals surface area (Å²) in [6.07, 6.45) is 1.02. The van der Waals surface area contributed by atoms with Crippen molar-refractivity contribution < 1.29 is 4.42 Å². The van der Waals surface area contributed by atoms with Crippen molar-refractivity contribution in [1.29, 1.82) is 0 Å². The lowest BCUT2D eigenvalue weighted by Crippen LogP contribution is -1.81. The predicted octanol–water partition coefficient (Wildman–Crippen LogP) is 1.92. The molecule has 0 amide bonds. The number of benzene rings is 1. The normalized spacial score (nSPS) is 13.5. The number of furan rings is 1. The van der Waals surface area contributed by atoms with Crippen molar-refractivity contribution in [2.45, 2.75) is 6.42 Å². The first-order valence-electron chi connectivity index (χ1n) is 3.64. The van der Waals surface area contributed by atoms with E-state index in [4.69, 9.17) is 10.2 Å². The molecule has 11 heavy (non-hydrogen) atoms. The quantitative estimate of drug-likeness (QED) is 0.491. The zero-order chi connectivity index (χ0) is 7.42. The Labute approximate surface area is 63.6 Å². The average molecular weight is 145 g/mol. The van der Waals surface area contributed by atoms with E-state index in [0.29, 0.717) is 0 Å². The SMILES string of the molecule is Nc1ccc2oc3c(c2c1)C3. The highest BCUT2D eigenvalue weighted by atomic mass is 16.3. The molecule has 2 aromatic rings. The van der Waals surface area contributed by atoms with Gasteiger partial charge in [0.25, 0.3) is 0 Å². The van der Waals surface area contributed by atoms with Crippen molar-refractivity contribution in [3.8, 4) is 0 Å². The maximum atomic E-state index is 5.63. The Morgan fingerprint density at radius 3 is 3.18 bits per heavy atom. The lowest BCUT2D eigenvalue weighted by molar-refractivity contribution is 0.597. The third-order valence-electron chi connectivity index (χ3n) is 2.11. The van der Waals surface area contributed by atoms with E-state index in [1.807, 2.05) is 18.2 Å². The highest BCUT2D eigenvalue weighted by Gasteiger charge is 2.25. The molecule has 0 atom stereocenters. The number of fused-ring (bicyclic) bond motifs is 3. The van der Waals surface area contributed by atoms with E-state index in [1.54, 1.807) is 0 Å². The van der Waals surface area contributed by atoms with E-state index < -0.39 is 0 Å². The maximum absolute atomic E-state index is 5.63. The summed E-state index contributed by atoms with van der Waals surface area (Å²) in [6.45, 7) is 0. The monoisotopic (exact) mass is 145 g/mol. The largest absolute Gasteiger partial charge is 0.460 e. The van der Waals surface area contributed by atoms with Crippen LogP contribution in [-0.4, -0.2) is 0 Å². The van der Waals surface area contributed by atoms with Gasteiger partial charge in [0.05, 0.1) is 0 Å². The summed E-state index contributed by atoms with van der Waals surface area (Å²) in [7, 11) is 0. The van der Waals surface area contributed by atoms with Crippen LogP contribution in [0.1, 0.15) is 11.3 Å². The van der Waals surface area contributed by atoms with E-state index in [-0.39, 0.29) is 0 Å². The van der Waals surface area contributed by atoms with E-state index in [9.17, 15) is 0 Å². The minimum absolute atomic E-state index is 0.813. The Hall–Kier alpha value is -1.44. The van der Waals surface area contributed by atoms with Gasteiger partial charge in [-0.25, -0.2) is 0 Å². The molecule has 2 nitrogen and oxygen atoms in total. The topological polar surface area (TPSA) is 39.2 Å². The number of nitrogen functional groups attached to an aromatic ring is 1. The highest BCUT2D eigenvalue weighted by molar-refractivity contribution is 5.89. The summed E-state index contributed by atoms with van der Waals surface area (Å²) in [5.74, 6) is 1.13. The Morgan fingerprint density at radius 2 is 2.27 bits per heavy atom. The van der Waals surface area contributed by atoms with Crippen molar-refractivity contribution in [1.82, 2.24) is 0 Å². The van der Waals surface area contributed by atoms with Crippen LogP contribution in [0.4, 0.5) is 5.69 Å². The molecule has 1 aliphatic rings. The highest BCUT2D eigenvalue weighted by Crippen LogP contribution is 2.39. The van der Waals surface area contributed by atoms with Gasteiger partial charge in [-0.1, -0.05) is 0 Å². The number of rotatable bonds is 0. The number of hydrogen-bond acceptors (Lipinski definition) is 2. The molecule has 0 saturated carbocycles. The van der Waals surface area contributed by atoms with Crippen molar-refractivity contribution in [3.05, 3.63) is 29.5 Å². The van der Waals surface area contributed by atoms with Gasteiger partial charge < -0.3 is 10.2 Å². The van der Waals surface area contributed by atoms with E-state index in [0.717, 1.165) is 23.5 Å². The molecule has 2 N–H and O–H groups in total. The second kappa shape index (κ2) is 1.42. The molecule has 3 rings (SSSR count). The van der Waals surface area contributed by atoms with Crippen LogP contribution >= 0.6 is 0 Å². The first-order valence-corrected chi connectivity index (χ1v) is 3.64. The maximum Gasteiger partial charge on any atom is 0.134 e. The minimum Gasteiger partial charge on any atom is -0.460 e. The van der Waals surface area contributed by atoms with Gasteiger partial charge in [0.1, 0.15) is 11.3 Å². The van der Waals surface area contributed by atoms with E-state index in [1.165, 1.54) is 10.9 Å². The molecule has 0 unspecified atom stereocenters. The van der Waals surface area contributed by atoms with Gasteiger partial charge in [-0.15, -0.1) is 0 Å². The summed E-state index contributed by atoms with van der Waals surface area (Å²) in [5, 5.41) is 1.19. The Morgan fingerprint density at radius 1 is 1.36 bits per heavy atom. The van der Waals surface area contributed by atoms with Gasteiger partial charge in [-0.05, 0) is 18.2 Å². The first-order chi connectivity index (χ1) is 5.34. The minimum atomic E-state index is 0.813. The summed E-state index contributed by atoms with van der Waals surface area (Å²) in [6, 6.07) is 5.77. The van der Waals surface area contributed by atoms with Crippen molar-refractivity contribution in [2.24, 2.45) is 0 Å².